The van der Waals surface area contributed by atoms with Crippen molar-refractivity contribution in [2.75, 3.05) is 24.5 Å². The number of rotatable bonds is 5. The molecule has 2 heterocycles. The monoisotopic (exact) mass is 264 g/mol. The third-order valence-electron chi connectivity index (χ3n) is 3.58. The summed E-state index contributed by atoms with van der Waals surface area (Å²) in [5.41, 5.74) is -0.00161. The number of anilines is 1. The molecule has 1 fully saturated rings. The Labute approximate surface area is 114 Å². The van der Waals surface area contributed by atoms with Crippen LogP contribution < -0.4 is 15.8 Å². The Hall–Kier alpha value is -1.36. The van der Waals surface area contributed by atoms with Crippen LogP contribution in [0.15, 0.2) is 17.2 Å². The van der Waals surface area contributed by atoms with Crippen LogP contribution in [0, 0.1) is 5.92 Å². The van der Waals surface area contributed by atoms with E-state index >= 15 is 0 Å². The van der Waals surface area contributed by atoms with E-state index in [9.17, 15) is 4.79 Å². The van der Waals surface area contributed by atoms with E-state index < -0.39 is 0 Å². The molecule has 1 aliphatic rings. The van der Waals surface area contributed by atoms with Crippen molar-refractivity contribution in [3.05, 3.63) is 22.7 Å². The molecule has 1 aromatic heterocycles. The van der Waals surface area contributed by atoms with E-state index in [0.717, 1.165) is 32.5 Å². The number of hydrogen-bond acceptors (Lipinski definition) is 4. The highest BCUT2D eigenvalue weighted by molar-refractivity contribution is 5.38. The van der Waals surface area contributed by atoms with Gasteiger partial charge in [0.1, 0.15) is 0 Å². The number of nitrogens with one attached hydrogen (secondary N) is 1. The summed E-state index contributed by atoms with van der Waals surface area (Å²) in [4.78, 5) is 18.6. The Morgan fingerprint density at radius 3 is 3.05 bits per heavy atom. The molecule has 1 unspecified atom stereocenters. The smallest absolute Gasteiger partial charge is 0.293 e. The van der Waals surface area contributed by atoms with Gasteiger partial charge < -0.3 is 14.8 Å². The van der Waals surface area contributed by atoms with E-state index in [1.165, 1.54) is 0 Å². The van der Waals surface area contributed by atoms with Crippen LogP contribution in [0.2, 0.25) is 0 Å². The van der Waals surface area contributed by atoms with Crippen LogP contribution in [0.5, 0.6) is 0 Å². The van der Waals surface area contributed by atoms with Gasteiger partial charge in [0.25, 0.3) is 5.56 Å². The molecule has 0 spiro atoms. The number of aromatic nitrogens is 2. The summed E-state index contributed by atoms with van der Waals surface area (Å²) in [6.07, 6.45) is 5.67. The van der Waals surface area contributed by atoms with E-state index in [1.807, 2.05) is 0 Å². The van der Waals surface area contributed by atoms with Gasteiger partial charge in [-0.25, -0.2) is 4.98 Å². The van der Waals surface area contributed by atoms with Crippen LogP contribution in [0.3, 0.4) is 0 Å². The first-order valence-electron chi connectivity index (χ1n) is 7.08. The maximum atomic E-state index is 12.1. The molecule has 0 radical (unpaired) electrons. The fourth-order valence-electron chi connectivity index (χ4n) is 2.55. The predicted molar refractivity (Wildman–Crippen MR) is 77.6 cm³/mol. The Balaban J connectivity index is 2.06. The summed E-state index contributed by atoms with van der Waals surface area (Å²) >= 11 is 0. The van der Waals surface area contributed by atoms with Gasteiger partial charge in [0, 0.05) is 38.6 Å². The Kier molecular flexibility index (Phi) is 4.58. The molecule has 19 heavy (non-hydrogen) atoms. The summed E-state index contributed by atoms with van der Waals surface area (Å²) < 4.78 is 1.60. The minimum atomic E-state index is -0.00161. The zero-order chi connectivity index (χ0) is 13.8. The fraction of sp³-hybridized carbons (Fsp3) is 0.714. The molecule has 1 aliphatic heterocycles. The lowest BCUT2D eigenvalue weighted by molar-refractivity contribution is 0.510. The molecule has 0 bridgehead atoms. The van der Waals surface area contributed by atoms with E-state index in [4.69, 9.17) is 0 Å². The highest BCUT2D eigenvalue weighted by Crippen LogP contribution is 2.20. The second kappa shape index (κ2) is 6.19. The van der Waals surface area contributed by atoms with Crippen molar-refractivity contribution in [2.24, 2.45) is 13.0 Å². The lowest BCUT2D eigenvalue weighted by atomic mass is 10.2. The molecule has 1 N–H and O–H groups in total. The molecule has 0 aliphatic carbocycles. The van der Waals surface area contributed by atoms with Crippen molar-refractivity contribution in [3.8, 4) is 0 Å². The maximum absolute atomic E-state index is 12.1. The third kappa shape index (κ3) is 3.35. The van der Waals surface area contributed by atoms with Gasteiger partial charge in [0.2, 0.25) is 0 Å². The van der Waals surface area contributed by atoms with Crippen LogP contribution in [0.25, 0.3) is 0 Å². The van der Waals surface area contributed by atoms with Gasteiger partial charge in [-0.1, -0.05) is 13.8 Å². The molecule has 1 saturated heterocycles. The van der Waals surface area contributed by atoms with Crippen LogP contribution >= 0.6 is 0 Å². The third-order valence-corrected chi connectivity index (χ3v) is 3.58. The zero-order valence-corrected chi connectivity index (χ0v) is 12.1. The minimum absolute atomic E-state index is 0.00161. The Bertz CT molecular complexity index is 469. The zero-order valence-electron chi connectivity index (χ0n) is 12.1. The van der Waals surface area contributed by atoms with Gasteiger partial charge in [-0.15, -0.1) is 0 Å². The molecule has 5 heteroatoms. The summed E-state index contributed by atoms with van der Waals surface area (Å²) in [5, 5.41) is 3.48. The lowest BCUT2D eigenvalue weighted by Gasteiger charge is -2.25. The van der Waals surface area contributed by atoms with Gasteiger partial charge in [-0.05, 0) is 25.3 Å². The number of hydrogen-bond donors (Lipinski definition) is 1. The van der Waals surface area contributed by atoms with E-state index in [2.05, 4.69) is 29.0 Å². The van der Waals surface area contributed by atoms with Gasteiger partial charge in [0.15, 0.2) is 5.82 Å². The molecule has 2 rings (SSSR count). The van der Waals surface area contributed by atoms with Crippen molar-refractivity contribution >= 4 is 5.82 Å². The van der Waals surface area contributed by atoms with Crippen molar-refractivity contribution in [3.63, 3.8) is 0 Å². The first kappa shape index (κ1) is 14.1. The van der Waals surface area contributed by atoms with Crippen LogP contribution in [-0.2, 0) is 7.05 Å². The van der Waals surface area contributed by atoms with Crippen molar-refractivity contribution in [1.29, 1.82) is 0 Å². The second-order valence-corrected chi connectivity index (χ2v) is 5.71. The molecule has 1 aromatic rings. The largest absolute Gasteiger partial charge is 0.348 e. The SMILES string of the molecule is CC(C)CNCC1CCCN1c1nccn(C)c1=O. The minimum Gasteiger partial charge on any atom is -0.348 e. The standard InChI is InChI=1S/C14H24N4O/c1-11(2)9-15-10-12-5-4-7-18(12)13-14(19)17(3)8-6-16-13/h6,8,11-12,15H,4-5,7,9-10H2,1-3H3. The van der Waals surface area contributed by atoms with Gasteiger partial charge in [-0.2, -0.15) is 0 Å². The first-order chi connectivity index (χ1) is 9.09. The molecular weight excluding hydrogens is 240 g/mol. The molecule has 1 atom stereocenters. The van der Waals surface area contributed by atoms with Crippen LogP contribution in [0.1, 0.15) is 26.7 Å². The fourth-order valence-corrected chi connectivity index (χ4v) is 2.55. The summed E-state index contributed by atoms with van der Waals surface area (Å²) in [6.45, 7) is 7.28. The topological polar surface area (TPSA) is 50.2 Å². The number of nitrogens with zero attached hydrogens (tertiary/aromatic N) is 3. The van der Waals surface area contributed by atoms with Crippen molar-refractivity contribution in [2.45, 2.75) is 32.7 Å². The van der Waals surface area contributed by atoms with E-state index in [1.54, 1.807) is 24.0 Å². The van der Waals surface area contributed by atoms with E-state index in [-0.39, 0.29) is 5.56 Å². The molecule has 106 valence electrons. The summed E-state index contributed by atoms with van der Waals surface area (Å²) in [7, 11) is 1.77. The van der Waals surface area contributed by atoms with Gasteiger partial charge in [-0.3, -0.25) is 4.79 Å². The molecule has 5 nitrogen and oxygen atoms in total. The molecule has 0 saturated carbocycles. The highest BCUT2D eigenvalue weighted by atomic mass is 16.1. The van der Waals surface area contributed by atoms with E-state index in [0.29, 0.717) is 17.8 Å². The van der Waals surface area contributed by atoms with Crippen LogP contribution in [0.4, 0.5) is 5.82 Å². The molecule has 0 aromatic carbocycles. The normalized spacial score (nSPS) is 19.4. The number of aryl methyl sites for hydroxylation is 1. The van der Waals surface area contributed by atoms with Gasteiger partial charge in [0.05, 0.1) is 0 Å². The average molecular weight is 264 g/mol. The van der Waals surface area contributed by atoms with Crippen LogP contribution in [-0.4, -0.2) is 35.2 Å². The Morgan fingerprint density at radius 2 is 2.32 bits per heavy atom. The summed E-state index contributed by atoms with van der Waals surface area (Å²) in [6, 6.07) is 0.390. The van der Waals surface area contributed by atoms with Crippen molar-refractivity contribution in [1.82, 2.24) is 14.9 Å². The van der Waals surface area contributed by atoms with Gasteiger partial charge >= 0.3 is 0 Å². The average Bonchev–Trinajstić information content (AvgIpc) is 2.80. The lowest BCUT2D eigenvalue weighted by Crippen LogP contribution is -2.42. The quantitative estimate of drug-likeness (QED) is 0.862. The predicted octanol–water partition coefficient (Wildman–Crippen LogP) is 0.995. The molecule has 0 amide bonds. The summed E-state index contributed by atoms with van der Waals surface area (Å²) in [5.74, 6) is 1.25. The Morgan fingerprint density at radius 1 is 1.53 bits per heavy atom. The highest BCUT2D eigenvalue weighted by Gasteiger charge is 2.27. The second-order valence-electron chi connectivity index (χ2n) is 5.71. The first-order valence-corrected chi connectivity index (χ1v) is 7.08. The maximum Gasteiger partial charge on any atom is 0.293 e. The van der Waals surface area contributed by atoms with Crippen molar-refractivity contribution < 1.29 is 0 Å². The molecular formula is C14H24N4O.